The Morgan fingerprint density at radius 1 is 0.551 bits per heavy atom. The number of amides is 7. The molecule has 69 heavy (non-hydrogen) atoms. The van der Waals surface area contributed by atoms with Crippen molar-refractivity contribution in [1.82, 2.24) is 52.2 Å². The van der Waals surface area contributed by atoms with Crippen LogP contribution in [-0.4, -0.2) is 161 Å². The molecule has 7 amide bonds. The summed E-state index contributed by atoms with van der Waals surface area (Å²) in [5.74, 6) is -10.4. The molecule has 13 N–H and O–H groups in total. The maximum Gasteiger partial charge on any atom is 0.326 e. The van der Waals surface area contributed by atoms with Crippen LogP contribution in [0, 0.1) is 0 Å². The molecule has 27 nitrogen and oxygen atoms in total. The van der Waals surface area contributed by atoms with Gasteiger partial charge in [0.15, 0.2) is 0 Å². The molecule has 1 heterocycles. The predicted octanol–water partition coefficient (Wildman–Crippen LogP) is -0.238. The van der Waals surface area contributed by atoms with Gasteiger partial charge >= 0.3 is 47.9 Å². The number of unbranched alkanes of at least 4 members (excludes halogenated alkanes) is 2. The maximum atomic E-state index is 13.4. The number of aryl methyl sites for hydroxylation is 1. The van der Waals surface area contributed by atoms with Gasteiger partial charge in [0.1, 0.15) is 24.2 Å². The van der Waals surface area contributed by atoms with Crippen molar-refractivity contribution in [2.45, 2.75) is 120 Å². The molecule has 0 saturated carbocycles. The lowest BCUT2D eigenvalue weighted by Crippen LogP contribution is -2.51. The number of nitrogens with one attached hydrogen (secondary N) is 7. The molecule has 1 unspecified atom stereocenters. The number of aliphatic carboxylic acids is 6. The first-order valence-electron chi connectivity index (χ1n) is 21.6. The third kappa shape index (κ3) is 23.4. The van der Waals surface area contributed by atoms with Gasteiger partial charge in [0, 0.05) is 50.4 Å². The maximum absolute atomic E-state index is 13.4. The predicted molar refractivity (Wildman–Crippen MR) is 233 cm³/mol. The molecule has 0 spiro atoms. The Labute approximate surface area is 392 Å². The van der Waals surface area contributed by atoms with E-state index in [0.29, 0.717) is 17.8 Å². The van der Waals surface area contributed by atoms with Gasteiger partial charge < -0.3 is 67.9 Å². The Bertz CT molecular complexity index is 2010. The number of hydrogen-bond donors (Lipinski definition) is 13. The van der Waals surface area contributed by atoms with Crippen LogP contribution >= 0.6 is 0 Å². The topological polar surface area (TPSA) is 424 Å². The number of nitrogens with zero attached hydrogens (tertiary/aromatic N) is 3. The van der Waals surface area contributed by atoms with E-state index >= 15 is 0 Å². The fraction of sp³-hybridized carbons (Fsp3) is 0.537. The lowest BCUT2D eigenvalue weighted by atomic mass is 10.1. The molecule has 0 aliphatic heterocycles. The highest BCUT2D eigenvalue weighted by atomic mass is 19.1. The van der Waals surface area contributed by atoms with Crippen molar-refractivity contribution in [2.24, 2.45) is 0 Å². The Hall–Kier alpha value is -7.94. The number of hydrogen-bond acceptors (Lipinski definition) is 13. The van der Waals surface area contributed by atoms with E-state index < -0.39 is 141 Å². The highest BCUT2D eigenvalue weighted by Gasteiger charge is 2.27. The van der Waals surface area contributed by atoms with E-state index in [1.807, 2.05) is 10.6 Å². The number of benzene rings is 1. The van der Waals surface area contributed by atoms with Crippen LogP contribution in [0.25, 0.3) is 5.69 Å². The van der Waals surface area contributed by atoms with Gasteiger partial charge in [0.25, 0.3) is 5.91 Å². The summed E-state index contributed by atoms with van der Waals surface area (Å²) >= 11 is 0. The minimum Gasteiger partial charge on any atom is -0.481 e. The third-order valence-electron chi connectivity index (χ3n) is 9.89. The SMILES string of the molecule is O=C(O)CC[C@H](NC(=O)N[C@H](CCCCNC(=O)CC(CC(=O)NCCCC[C@H](NC(=O)N[C@H](CCC(=O)O)C(=O)O)C(=O)O)NC(=O)c1ccc(-n2cc(CCCF)nn2)cc1)C(=O)O)C(=O)O. The largest absolute Gasteiger partial charge is 0.481 e. The van der Waals surface area contributed by atoms with E-state index in [4.69, 9.17) is 10.2 Å². The molecule has 5 atom stereocenters. The molecule has 380 valence electrons. The molecule has 1 aromatic heterocycles. The first-order chi connectivity index (χ1) is 32.7. The van der Waals surface area contributed by atoms with Gasteiger partial charge in [-0.05, 0) is 88.5 Å². The van der Waals surface area contributed by atoms with Gasteiger partial charge in [-0.25, -0.2) is 33.4 Å². The molecule has 0 aliphatic rings. The van der Waals surface area contributed by atoms with Crippen LogP contribution < -0.4 is 37.2 Å². The normalized spacial score (nSPS) is 12.9. The van der Waals surface area contributed by atoms with Crippen molar-refractivity contribution < 1.29 is 87.8 Å². The Morgan fingerprint density at radius 2 is 0.971 bits per heavy atom. The number of urea groups is 2. The van der Waals surface area contributed by atoms with Crippen LogP contribution in [0.1, 0.15) is 99.5 Å². The number of carbonyl (C=O) groups excluding carboxylic acids is 5. The summed E-state index contributed by atoms with van der Waals surface area (Å²) in [5, 5.41) is 79.4. The molecule has 1 aromatic carbocycles. The second kappa shape index (κ2) is 30.4. The summed E-state index contributed by atoms with van der Waals surface area (Å²) in [4.78, 5) is 132. The molecule has 0 radical (unpaired) electrons. The number of carboxylic acids is 6. The van der Waals surface area contributed by atoms with Crippen molar-refractivity contribution in [3.05, 3.63) is 41.7 Å². The number of rotatable bonds is 34. The van der Waals surface area contributed by atoms with Crippen molar-refractivity contribution in [3.63, 3.8) is 0 Å². The average Bonchev–Trinajstić information content (AvgIpc) is 3.76. The van der Waals surface area contributed by atoms with Crippen molar-refractivity contribution in [1.29, 1.82) is 0 Å². The van der Waals surface area contributed by atoms with E-state index in [0.717, 1.165) is 0 Å². The third-order valence-corrected chi connectivity index (χ3v) is 9.89. The van der Waals surface area contributed by atoms with Gasteiger partial charge in [-0.15, -0.1) is 5.10 Å². The van der Waals surface area contributed by atoms with Crippen LogP contribution in [0.2, 0.25) is 0 Å². The van der Waals surface area contributed by atoms with Crippen LogP contribution in [0.4, 0.5) is 14.0 Å². The van der Waals surface area contributed by atoms with Gasteiger partial charge in [0.05, 0.1) is 24.3 Å². The number of halogens is 1. The second-order valence-electron chi connectivity index (χ2n) is 15.4. The lowest BCUT2D eigenvalue weighted by molar-refractivity contribution is -0.142. The van der Waals surface area contributed by atoms with Gasteiger partial charge in [-0.3, -0.25) is 28.4 Å². The molecule has 0 fully saturated rings. The zero-order valence-electron chi connectivity index (χ0n) is 37.2. The fourth-order valence-corrected chi connectivity index (χ4v) is 6.27. The molecule has 0 bridgehead atoms. The molecular formula is C41H57FN10O17. The quantitative estimate of drug-likeness (QED) is 0.0403. The number of alkyl halides is 1. The Morgan fingerprint density at radius 3 is 1.36 bits per heavy atom. The first kappa shape index (κ1) is 57.2. The summed E-state index contributed by atoms with van der Waals surface area (Å²) in [6.45, 7) is -0.522. The standard InChI is InChI=1S/C41H57FN10O17/c42-17-5-6-24-22-52(51-50-24)26-11-9-23(10-12-26)35(59)45-25(20-31(53)43-18-3-1-7-27(36(60)61)46-40(68)48-29(38(64)65)13-15-33(55)56)21-32(54)44-19-4-2-8-28(37(62)63)47-41(69)49-30(39(66)67)14-16-34(57)58/h9-12,22,25,27-30H,1-8,13-21H2,(H,43,53)(H,44,54)(H,45,59)(H,55,56)(H,57,58)(H,60,61)(H,62,63)(H,64,65)(H,66,67)(H2,46,48,68)(H2,47,49,69)/t25?,27-,28+,29+,30-. The van der Waals surface area contributed by atoms with Crippen LogP contribution in [0.15, 0.2) is 30.5 Å². The Kier molecular flexibility index (Phi) is 25.2. The molecule has 0 aliphatic carbocycles. The lowest BCUT2D eigenvalue weighted by Gasteiger charge is -2.19. The summed E-state index contributed by atoms with van der Waals surface area (Å²) in [7, 11) is 0. The second-order valence-corrected chi connectivity index (χ2v) is 15.4. The fourth-order valence-electron chi connectivity index (χ4n) is 6.27. The van der Waals surface area contributed by atoms with Crippen LogP contribution in [0.3, 0.4) is 0 Å². The van der Waals surface area contributed by atoms with E-state index in [2.05, 4.69) is 36.9 Å². The number of aromatic nitrogens is 3. The van der Waals surface area contributed by atoms with E-state index in [1.54, 1.807) is 18.3 Å². The number of carboxylic acid groups (broad SMARTS) is 6. The minimum atomic E-state index is -1.59. The van der Waals surface area contributed by atoms with Gasteiger partial charge in [-0.1, -0.05) is 5.21 Å². The molecule has 0 saturated heterocycles. The smallest absolute Gasteiger partial charge is 0.326 e. The Balaban J connectivity index is 2.01. The van der Waals surface area contributed by atoms with Gasteiger partial charge in [0.2, 0.25) is 11.8 Å². The van der Waals surface area contributed by atoms with Crippen LogP contribution in [-0.2, 0) is 44.8 Å². The zero-order valence-corrected chi connectivity index (χ0v) is 37.2. The summed E-state index contributed by atoms with van der Waals surface area (Å²) in [6.07, 6.45) is -0.207. The average molecular weight is 981 g/mol. The molecule has 28 heteroatoms. The highest BCUT2D eigenvalue weighted by molar-refractivity contribution is 5.95. The van der Waals surface area contributed by atoms with Crippen LogP contribution in [0.5, 0.6) is 0 Å². The number of carbonyl (C=O) groups is 11. The minimum absolute atomic E-state index is 0.00152. The van der Waals surface area contributed by atoms with E-state index in [-0.39, 0.29) is 63.6 Å². The van der Waals surface area contributed by atoms with Crippen molar-refractivity contribution in [2.75, 3.05) is 19.8 Å². The molecule has 2 rings (SSSR count). The van der Waals surface area contributed by atoms with E-state index in [1.165, 1.54) is 16.8 Å². The molecule has 2 aromatic rings. The van der Waals surface area contributed by atoms with Gasteiger partial charge in [-0.2, -0.15) is 0 Å². The first-order valence-corrected chi connectivity index (χ1v) is 21.6. The van der Waals surface area contributed by atoms with Crippen molar-refractivity contribution in [3.8, 4) is 5.69 Å². The summed E-state index contributed by atoms with van der Waals surface area (Å²) < 4.78 is 14.0. The molecular weight excluding hydrogens is 924 g/mol. The van der Waals surface area contributed by atoms with Crippen molar-refractivity contribution >= 4 is 65.6 Å². The van der Waals surface area contributed by atoms with E-state index in [9.17, 15) is 77.6 Å². The highest BCUT2D eigenvalue weighted by Crippen LogP contribution is 2.12. The summed E-state index contributed by atoms with van der Waals surface area (Å²) in [5.41, 5.74) is 1.24. The monoisotopic (exact) mass is 980 g/mol. The zero-order chi connectivity index (χ0) is 51.5. The summed E-state index contributed by atoms with van der Waals surface area (Å²) in [6, 6.07) is -3.45.